The second-order valence-electron chi connectivity index (χ2n) is 4.79. The molecule has 3 nitrogen and oxygen atoms in total. The van der Waals surface area contributed by atoms with Crippen molar-refractivity contribution in [2.45, 2.75) is 19.8 Å². The van der Waals surface area contributed by atoms with Crippen LogP contribution in [-0.4, -0.2) is 22.9 Å². The molecule has 18 heavy (non-hydrogen) atoms. The quantitative estimate of drug-likeness (QED) is 0.826. The summed E-state index contributed by atoms with van der Waals surface area (Å²) in [6.07, 6.45) is 6.43. The van der Waals surface area contributed by atoms with Crippen LogP contribution >= 0.6 is 11.6 Å². The summed E-state index contributed by atoms with van der Waals surface area (Å²) in [6.45, 7) is 4.26. The fourth-order valence-corrected chi connectivity index (χ4v) is 2.61. The number of halogens is 1. The number of aryl methyl sites for hydroxylation is 1. The Bertz CT molecular complexity index is 556. The third-order valence-electron chi connectivity index (χ3n) is 3.34. The first-order valence-electron chi connectivity index (χ1n) is 6.30. The first kappa shape index (κ1) is 11.6. The highest BCUT2D eigenvalue weighted by atomic mass is 35.5. The van der Waals surface area contributed by atoms with Crippen molar-refractivity contribution in [2.24, 2.45) is 0 Å². The molecular weight excluding hydrogens is 246 g/mol. The van der Waals surface area contributed by atoms with E-state index in [0.717, 1.165) is 29.4 Å². The maximum absolute atomic E-state index is 6.13. The lowest BCUT2D eigenvalue weighted by molar-refractivity contribution is 0.861. The Balaban J connectivity index is 2.07. The van der Waals surface area contributed by atoms with Crippen LogP contribution < -0.4 is 4.90 Å². The minimum Gasteiger partial charge on any atom is -0.370 e. The molecule has 0 radical (unpaired) electrons. The van der Waals surface area contributed by atoms with E-state index in [1.165, 1.54) is 18.5 Å². The highest BCUT2D eigenvalue weighted by Crippen LogP contribution is 2.30. The Morgan fingerprint density at radius 3 is 2.61 bits per heavy atom. The van der Waals surface area contributed by atoms with Crippen molar-refractivity contribution in [1.82, 2.24) is 9.78 Å². The average Bonchev–Trinajstić information content (AvgIpc) is 2.99. The van der Waals surface area contributed by atoms with Crippen molar-refractivity contribution >= 4 is 17.3 Å². The predicted octanol–water partition coefficient (Wildman–Crippen LogP) is 3.43. The maximum Gasteiger partial charge on any atom is 0.0880 e. The molecule has 3 rings (SSSR count). The van der Waals surface area contributed by atoms with Crippen molar-refractivity contribution in [1.29, 1.82) is 0 Å². The zero-order valence-electron chi connectivity index (χ0n) is 10.4. The number of aromatic nitrogens is 2. The van der Waals surface area contributed by atoms with Crippen LogP contribution in [0.4, 0.5) is 5.69 Å². The van der Waals surface area contributed by atoms with Crippen molar-refractivity contribution in [3.05, 3.63) is 41.2 Å². The second kappa shape index (κ2) is 4.65. The fourth-order valence-electron chi connectivity index (χ4n) is 2.45. The van der Waals surface area contributed by atoms with Crippen LogP contribution in [-0.2, 0) is 0 Å². The molecule has 2 aromatic rings. The van der Waals surface area contributed by atoms with E-state index < -0.39 is 0 Å². The molecule has 94 valence electrons. The number of hydrogen-bond donors (Lipinski definition) is 0. The normalized spacial score (nSPS) is 15.3. The van der Waals surface area contributed by atoms with Gasteiger partial charge in [0.25, 0.3) is 0 Å². The third kappa shape index (κ3) is 2.10. The maximum atomic E-state index is 6.13. The highest BCUT2D eigenvalue weighted by Gasteiger charge is 2.17. The summed E-state index contributed by atoms with van der Waals surface area (Å²) in [7, 11) is 0. The smallest absolute Gasteiger partial charge is 0.0880 e. The molecule has 1 fully saturated rings. The van der Waals surface area contributed by atoms with Crippen LogP contribution in [0.5, 0.6) is 0 Å². The van der Waals surface area contributed by atoms with Gasteiger partial charge >= 0.3 is 0 Å². The molecule has 0 aliphatic carbocycles. The molecule has 0 unspecified atom stereocenters. The summed E-state index contributed by atoms with van der Waals surface area (Å²) >= 11 is 6.13. The summed E-state index contributed by atoms with van der Waals surface area (Å²) in [5, 5.41) is 5.18. The molecule has 0 saturated carbocycles. The van der Waals surface area contributed by atoms with E-state index in [4.69, 9.17) is 11.6 Å². The van der Waals surface area contributed by atoms with E-state index in [1.807, 2.05) is 35.3 Å². The minimum atomic E-state index is 0.782. The molecular formula is C14H16ClN3. The van der Waals surface area contributed by atoms with E-state index >= 15 is 0 Å². The lowest BCUT2D eigenvalue weighted by atomic mass is 10.2. The monoisotopic (exact) mass is 261 g/mol. The van der Waals surface area contributed by atoms with Crippen molar-refractivity contribution in [3.63, 3.8) is 0 Å². The van der Waals surface area contributed by atoms with E-state index in [-0.39, 0.29) is 0 Å². The zero-order valence-corrected chi connectivity index (χ0v) is 11.2. The standard InChI is InChI=1S/C14H16ClN3/c1-11-9-16-18(10-11)13-5-4-12(15)8-14(13)17-6-2-3-7-17/h4-5,8-10H,2-3,6-7H2,1H3. The van der Waals surface area contributed by atoms with Gasteiger partial charge in [-0.05, 0) is 43.5 Å². The number of nitrogens with zero attached hydrogens (tertiary/aromatic N) is 3. The zero-order chi connectivity index (χ0) is 12.5. The first-order chi connectivity index (χ1) is 8.74. The second-order valence-corrected chi connectivity index (χ2v) is 5.23. The molecule has 1 saturated heterocycles. The van der Waals surface area contributed by atoms with Gasteiger partial charge in [-0.3, -0.25) is 0 Å². The van der Waals surface area contributed by atoms with Crippen molar-refractivity contribution < 1.29 is 0 Å². The van der Waals surface area contributed by atoms with Gasteiger partial charge in [-0.1, -0.05) is 11.6 Å². The predicted molar refractivity (Wildman–Crippen MR) is 74.8 cm³/mol. The SMILES string of the molecule is Cc1cnn(-c2ccc(Cl)cc2N2CCCC2)c1. The molecule has 0 spiro atoms. The van der Waals surface area contributed by atoms with Gasteiger partial charge in [-0.15, -0.1) is 0 Å². The molecule has 1 aliphatic rings. The molecule has 2 heterocycles. The van der Waals surface area contributed by atoms with Gasteiger partial charge in [0.15, 0.2) is 0 Å². The third-order valence-corrected chi connectivity index (χ3v) is 3.58. The van der Waals surface area contributed by atoms with Crippen LogP contribution in [0.2, 0.25) is 5.02 Å². The van der Waals surface area contributed by atoms with Crippen LogP contribution in [0.25, 0.3) is 5.69 Å². The lowest BCUT2D eigenvalue weighted by Crippen LogP contribution is -2.19. The Morgan fingerprint density at radius 1 is 1.17 bits per heavy atom. The van der Waals surface area contributed by atoms with Gasteiger partial charge in [0, 0.05) is 24.3 Å². The van der Waals surface area contributed by atoms with Gasteiger partial charge in [-0.2, -0.15) is 5.10 Å². The Labute approximate surface area is 112 Å². The van der Waals surface area contributed by atoms with Crippen molar-refractivity contribution in [3.8, 4) is 5.69 Å². The number of rotatable bonds is 2. The minimum absolute atomic E-state index is 0.782. The molecule has 0 N–H and O–H groups in total. The topological polar surface area (TPSA) is 21.1 Å². The summed E-state index contributed by atoms with van der Waals surface area (Å²) in [5.41, 5.74) is 3.45. The molecule has 1 aromatic carbocycles. The molecule has 1 aromatic heterocycles. The summed E-state index contributed by atoms with van der Waals surface area (Å²) < 4.78 is 1.93. The molecule has 0 amide bonds. The van der Waals surface area contributed by atoms with Gasteiger partial charge in [0.1, 0.15) is 0 Å². The van der Waals surface area contributed by atoms with Crippen LogP contribution in [0.1, 0.15) is 18.4 Å². The fraction of sp³-hybridized carbons (Fsp3) is 0.357. The van der Waals surface area contributed by atoms with E-state index in [2.05, 4.69) is 16.9 Å². The summed E-state index contributed by atoms with van der Waals surface area (Å²) in [6, 6.07) is 6.01. The van der Waals surface area contributed by atoms with Gasteiger partial charge in [0.05, 0.1) is 17.6 Å². The largest absolute Gasteiger partial charge is 0.370 e. The average molecular weight is 262 g/mol. The number of hydrogen-bond acceptors (Lipinski definition) is 2. The number of benzene rings is 1. The van der Waals surface area contributed by atoms with E-state index in [9.17, 15) is 0 Å². The lowest BCUT2D eigenvalue weighted by Gasteiger charge is -2.21. The molecule has 1 aliphatic heterocycles. The van der Waals surface area contributed by atoms with E-state index in [0.29, 0.717) is 0 Å². The van der Waals surface area contributed by atoms with Gasteiger partial charge in [0.2, 0.25) is 0 Å². The number of anilines is 1. The molecule has 4 heteroatoms. The highest BCUT2D eigenvalue weighted by molar-refractivity contribution is 6.31. The molecule has 0 atom stereocenters. The van der Waals surface area contributed by atoms with Crippen LogP contribution in [0.15, 0.2) is 30.6 Å². The Hall–Kier alpha value is -1.48. The summed E-state index contributed by atoms with van der Waals surface area (Å²) in [4.78, 5) is 2.39. The Kier molecular flexibility index (Phi) is 3.00. The van der Waals surface area contributed by atoms with Crippen LogP contribution in [0.3, 0.4) is 0 Å². The first-order valence-corrected chi connectivity index (χ1v) is 6.68. The molecule has 0 bridgehead atoms. The Morgan fingerprint density at radius 2 is 1.94 bits per heavy atom. The summed E-state index contributed by atoms with van der Waals surface area (Å²) in [5.74, 6) is 0. The van der Waals surface area contributed by atoms with Crippen LogP contribution in [0, 0.1) is 6.92 Å². The van der Waals surface area contributed by atoms with E-state index in [1.54, 1.807) is 0 Å². The van der Waals surface area contributed by atoms with Crippen molar-refractivity contribution in [2.75, 3.05) is 18.0 Å². The van der Waals surface area contributed by atoms with Gasteiger partial charge in [-0.25, -0.2) is 4.68 Å². The van der Waals surface area contributed by atoms with Gasteiger partial charge < -0.3 is 4.90 Å².